The van der Waals surface area contributed by atoms with Gasteiger partial charge < -0.3 is 10.6 Å². The Bertz CT molecular complexity index is 444. The maximum absolute atomic E-state index is 12.7. The van der Waals surface area contributed by atoms with Gasteiger partial charge in [-0.05, 0) is 50.6 Å². The lowest BCUT2D eigenvalue weighted by molar-refractivity contribution is -0.126. The summed E-state index contributed by atoms with van der Waals surface area (Å²) in [7, 11) is 1.93. The predicted octanol–water partition coefficient (Wildman–Crippen LogP) is 3.41. The Hall–Kier alpha value is -0.580. The van der Waals surface area contributed by atoms with Crippen molar-refractivity contribution in [3.63, 3.8) is 0 Å². The van der Waals surface area contributed by atoms with Crippen molar-refractivity contribution in [1.82, 2.24) is 10.6 Å². The molecular weight excluding hydrogens is 352 g/mol. The molecule has 2 N–H and O–H groups in total. The van der Waals surface area contributed by atoms with Gasteiger partial charge in [0.2, 0.25) is 5.91 Å². The molecule has 2 rings (SSSR count). The molecule has 1 aromatic carbocycles. The minimum absolute atomic E-state index is 0. The molecule has 5 heteroatoms. The van der Waals surface area contributed by atoms with Gasteiger partial charge in [0.15, 0.2) is 0 Å². The maximum Gasteiger partial charge on any atom is 0.230 e. The second kappa shape index (κ2) is 8.76. The van der Waals surface area contributed by atoms with Gasteiger partial charge in [0.05, 0.1) is 5.41 Å². The molecule has 21 heavy (non-hydrogen) atoms. The fourth-order valence-electron chi connectivity index (χ4n) is 3.03. The lowest BCUT2D eigenvalue weighted by Crippen LogP contribution is -2.43. The summed E-state index contributed by atoms with van der Waals surface area (Å²) < 4.78 is 1.06. The molecule has 118 valence electrons. The van der Waals surface area contributed by atoms with Crippen molar-refractivity contribution < 1.29 is 4.79 Å². The molecule has 0 unspecified atom stereocenters. The molecule has 3 nitrogen and oxygen atoms in total. The molecule has 0 spiro atoms. The van der Waals surface area contributed by atoms with Crippen molar-refractivity contribution >= 4 is 34.2 Å². The van der Waals surface area contributed by atoms with Gasteiger partial charge in [-0.2, -0.15) is 0 Å². The molecule has 0 bridgehead atoms. The van der Waals surface area contributed by atoms with Crippen LogP contribution in [0.4, 0.5) is 0 Å². The van der Waals surface area contributed by atoms with Crippen LogP contribution in [0.2, 0.25) is 0 Å². The smallest absolute Gasteiger partial charge is 0.230 e. The molecule has 0 heterocycles. The lowest BCUT2D eigenvalue weighted by Gasteiger charge is -2.28. The zero-order valence-corrected chi connectivity index (χ0v) is 14.9. The summed E-state index contributed by atoms with van der Waals surface area (Å²) in [4.78, 5) is 12.7. The standard InChI is InChI=1S/C16H23BrN2O.ClH/c1-18-11-4-12-19-15(20)16(9-2-3-10-16)13-5-7-14(17)8-6-13;/h5-8,18H,2-4,9-12H2,1H3,(H,19,20);1H. The molecule has 1 aliphatic carbocycles. The molecule has 0 radical (unpaired) electrons. The Morgan fingerprint density at radius 1 is 1.19 bits per heavy atom. The number of amides is 1. The number of hydrogen-bond donors (Lipinski definition) is 2. The second-order valence-corrected chi connectivity index (χ2v) is 6.42. The van der Waals surface area contributed by atoms with E-state index in [1.807, 2.05) is 19.2 Å². The number of benzene rings is 1. The number of hydrogen-bond acceptors (Lipinski definition) is 2. The van der Waals surface area contributed by atoms with Gasteiger partial charge in [-0.3, -0.25) is 4.79 Å². The Kier molecular flexibility index (Phi) is 7.71. The largest absolute Gasteiger partial charge is 0.355 e. The van der Waals surface area contributed by atoms with Crippen LogP contribution in [0.3, 0.4) is 0 Å². The van der Waals surface area contributed by atoms with Crippen LogP contribution < -0.4 is 10.6 Å². The van der Waals surface area contributed by atoms with E-state index >= 15 is 0 Å². The first-order valence-corrected chi connectivity index (χ1v) is 8.17. The fourth-order valence-corrected chi connectivity index (χ4v) is 3.29. The van der Waals surface area contributed by atoms with Gasteiger partial charge in [0.25, 0.3) is 0 Å². The summed E-state index contributed by atoms with van der Waals surface area (Å²) in [6, 6.07) is 8.23. The van der Waals surface area contributed by atoms with E-state index in [-0.39, 0.29) is 23.7 Å². The number of carbonyl (C=O) groups excluding carboxylic acids is 1. The monoisotopic (exact) mass is 374 g/mol. The molecule has 0 aromatic heterocycles. The molecule has 0 atom stereocenters. The van der Waals surface area contributed by atoms with Crippen LogP contribution in [0.5, 0.6) is 0 Å². The van der Waals surface area contributed by atoms with Crippen LogP contribution in [0.1, 0.15) is 37.7 Å². The molecule has 1 fully saturated rings. The molecular formula is C16H24BrClN2O. The van der Waals surface area contributed by atoms with Crippen LogP contribution in [0.25, 0.3) is 0 Å². The van der Waals surface area contributed by atoms with Crippen molar-refractivity contribution in [1.29, 1.82) is 0 Å². The minimum Gasteiger partial charge on any atom is -0.355 e. The molecule has 1 saturated carbocycles. The average Bonchev–Trinajstić information content (AvgIpc) is 2.95. The van der Waals surface area contributed by atoms with E-state index in [2.05, 4.69) is 38.7 Å². The average molecular weight is 376 g/mol. The second-order valence-electron chi connectivity index (χ2n) is 5.51. The van der Waals surface area contributed by atoms with E-state index in [1.54, 1.807) is 0 Å². The third kappa shape index (κ3) is 4.44. The molecule has 1 amide bonds. The van der Waals surface area contributed by atoms with Gasteiger partial charge in [-0.1, -0.05) is 40.9 Å². The molecule has 1 aliphatic rings. The lowest BCUT2D eigenvalue weighted by atomic mass is 9.78. The van der Waals surface area contributed by atoms with Crippen LogP contribution in [-0.2, 0) is 10.2 Å². The highest BCUT2D eigenvalue weighted by atomic mass is 79.9. The summed E-state index contributed by atoms with van der Waals surface area (Å²) in [5.74, 6) is 0.202. The highest BCUT2D eigenvalue weighted by molar-refractivity contribution is 9.10. The van der Waals surface area contributed by atoms with E-state index in [4.69, 9.17) is 0 Å². The zero-order valence-electron chi connectivity index (χ0n) is 12.5. The number of halogens is 2. The van der Waals surface area contributed by atoms with Crippen molar-refractivity contribution in [3.05, 3.63) is 34.3 Å². The highest BCUT2D eigenvalue weighted by Crippen LogP contribution is 2.41. The first-order chi connectivity index (χ1) is 9.69. The maximum atomic E-state index is 12.7. The quantitative estimate of drug-likeness (QED) is 0.748. The van der Waals surface area contributed by atoms with Crippen LogP contribution in [0.15, 0.2) is 28.7 Å². The first kappa shape index (κ1) is 18.5. The zero-order chi connectivity index (χ0) is 14.4. The minimum atomic E-state index is -0.305. The van der Waals surface area contributed by atoms with Crippen LogP contribution >= 0.6 is 28.3 Å². The van der Waals surface area contributed by atoms with Gasteiger partial charge in [0, 0.05) is 11.0 Å². The molecule has 0 saturated heterocycles. The topological polar surface area (TPSA) is 41.1 Å². The Labute approximate surface area is 141 Å². The van der Waals surface area contributed by atoms with E-state index in [9.17, 15) is 4.79 Å². The molecule has 0 aliphatic heterocycles. The van der Waals surface area contributed by atoms with Gasteiger partial charge >= 0.3 is 0 Å². The summed E-state index contributed by atoms with van der Waals surface area (Å²) in [6.45, 7) is 1.68. The van der Waals surface area contributed by atoms with Crippen molar-refractivity contribution in [2.24, 2.45) is 0 Å². The Morgan fingerprint density at radius 2 is 1.81 bits per heavy atom. The van der Waals surface area contributed by atoms with E-state index < -0.39 is 0 Å². The third-order valence-electron chi connectivity index (χ3n) is 4.18. The van der Waals surface area contributed by atoms with Gasteiger partial charge in [-0.25, -0.2) is 0 Å². The van der Waals surface area contributed by atoms with Gasteiger partial charge in [0.1, 0.15) is 0 Å². The van der Waals surface area contributed by atoms with Crippen molar-refractivity contribution in [2.45, 2.75) is 37.5 Å². The Balaban J connectivity index is 0.00000220. The summed E-state index contributed by atoms with van der Waals surface area (Å²) in [5, 5.41) is 6.22. The SMILES string of the molecule is CNCCCNC(=O)C1(c2ccc(Br)cc2)CCCC1.Cl. The normalized spacial score (nSPS) is 16.3. The van der Waals surface area contributed by atoms with Crippen molar-refractivity contribution in [2.75, 3.05) is 20.1 Å². The first-order valence-electron chi connectivity index (χ1n) is 7.38. The predicted molar refractivity (Wildman–Crippen MR) is 93.1 cm³/mol. The number of carbonyl (C=O) groups is 1. The number of rotatable bonds is 6. The fraction of sp³-hybridized carbons (Fsp3) is 0.562. The van der Waals surface area contributed by atoms with E-state index in [0.29, 0.717) is 0 Å². The number of nitrogens with one attached hydrogen (secondary N) is 2. The summed E-state index contributed by atoms with van der Waals surface area (Å²) >= 11 is 3.46. The van der Waals surface area contributed by atoms with E-state index in [1.165, 1.54) is 0 Å². The van der Waals surface area contributed by atoms with Crippen LogP contribution in [-0.4, -0.2) is 26.0 Å². The highest BCUT2D eigenvalue weighted by Gasteiger charge is 2.42. The van der Waals surface area contributed by atoms with Gasteiger partial charge in [-0.15, -0.1) is 12.4 Å². The third-order valence-corrected chi connectivity index (χ3v) is 4.71. The Morgan fingerprint density at radius 3 is 2.38 bits per heavy atom. The summed E-state index contributed by atoms with van der Waals surface area (Å²) in [6.07, 6.45) is 5.18. The summed E-state index contributed by atoms with van der Waals surface area (Å²) in [5.41, 5.74) is 0.852. The molecule has 1 aromatic rings. The van der Waals surface area contributed by atoms with E-state index in [0.717, 1.165) is 55.2 Å². The van der Waals surface area contributed by atoms with Crippen molar-refractivity contribution in [3.8, 4) is 0 Å². The van der Waals surface area contributed by atoms with Crippen LogP contribution in [0, 0.1) is 0 Å².